The van der Waals surface area contributed by atoms with Crippen molar-refractivity contribution in [2.75, 3.05) is 6.54 Å². The van der Waals surface area contributed by atoms with Gasteiger partial charge in [-0.2, -0.15) is 0 Å². The highest BCUT2D eigenvalue weighted by Crippen LogP contribution is 2.13. The molecule has 0 fully saturated rings. The van der Waals surface area contributed by atoms with Crippen LogP contribution in [0.2, 0.25) is 0 Å². The van der Waals surface area contributed by atoms with Gasteiger partial charge >= 0.3 is 0 Å². The maximum Gasteiger partial charge on any atom is 0.114 e. The molecule has 0 spiro atoms. The lowest BCUT2D eigenvalue weighted by Gasteiger charge is -1.95. The second kappa shape index (κ2) is 4.65. The van der Waals surface area contributed by atoms with Crippen molar-refractivity contribution >= 4 is 0 Å². The van der Waals surface area contributed by atoms with Crippen LogP contribution in [0.1, 0.15) is 6.42 Å². The normalized spacial score (nSPS) is 10.5. The van der Waals surface area contributed by atoms with E-state index in [9.17, 15) is 0 Å². The minimum Gasteiger partial charge on any atom is -0.330 e. The second-order valence-corrected chi connectivity index (χ2v) is 3.25. The van der Waals surface area contributed by atoms with Crippen molar-refractivity contribution in [3.8, 4) is 11.3 Å². The Hall–Kier alpha value is -1.75. The standard InChI is InChI=1S/C10H13N5/c11-4-2-6-15-8-10(13-14-15)9-3-1-5-12-7-9/h1,3,5,7-8H,2,4,6,11H2. The van der Waals surface area contributed by atoms with E-state index in [4.69, 9.17) is 5.73 Å². The maximum atomic E-state index is 5.42. The molecule has 0 aliphatic carbocycles. The van der Waals surface area contributed by atoms with Crippen LogP contribution in [0.4, 0.5) is 0 Å². The molecule has 2 heterocycles. The first kappa shape index (κ1) is 9.79. The van der Waals surface area contributed by atoms with E-state index in [1.165, 1.54) is 0 Å². The molecular formula is C10H13N5. The molecule has 0 bridgehead atoms. The van der Waals surface area contributed by atoms with Gasteiger partial charge in [0.05, 0.1) is 6.20 Å². The van der Waals surface area contributed by atoms with Crippen LogP contribution in [-0.2, 0) is 6.54 Å². The van der Waals surface area contributed by atoms with Crippen molar-refractivity contribution < 1.29 is 0 Å². The minimum atomic E-state index is 0.669. The zero-order chi connectivity index (χ0) is 10.5. The molecule has 5 heteroatoms. The molecule has 0 aromatic carbocycles. The molecule has 2 aromatic heterocycles. The van der Waals surface area contributed by atoms with Crippen LogP contribution < -0.4 is 5.73 Å². The smallest absolute Gasteiger partial charge is 0.114 e. The zero-order valence-electron chi connectivity index (χ0n) is 8.37. The Labute approximate surface area is 87.9 Å². The first-order valence-corrected chi connectivity index (χ1v) is 4.91. The number of aryl methyl sites for hydroxylation is 1. The van der Waals surface area contributed by atoms with Gasteiger partial charge in [-0.3, -0.25) is 9.67 Å². The van der Waals surface area contributed by atoms with E-state index in [1.807, 2.05) is 18.3 Å². The summed E-state index contributed by atoms with van der Waals surface area (Å²) in [4.78, 5) is 4.04. The van der Waals surface area contributed by atoms with Crippen LogP contribution >= 0.6 is 0 Å². The van der Waals surface area contributed by atoms with E-state index in [2.05, 4.69) is 15.3 Å². The average Bonchev–Trinajstić information content (AvgIpc) is 2.76. The first-order valence-electron chi connectivity index (χ1n) is 4.91. The molecule has 0 aliphatic heterocycles. The van der Waals surface area contributed by atoms with E-state index in [1.54, 1.807) is 17.1 Å². The van der Waals surface area contributed by atoms with E-state index in [-0.39, 0.29) is 0 Å². The number of hydrogen-bond donors (Lipinski definition) is 1. The summed E-state index contributed by atoms with van der Waals surface area (Å²) in [5.41, 5.74) is 7.25. The van der Waals surface area contributed by atoms with Gasteiger partial charge in [-0.05, 0) is 25.1 Å². The molecule has 0 aliphatic rings. The summed E-state index contributed by atoms with van der Waals surface area (Å²) < 4.78 is 1.80. The molecule has 5 nitrogen and oxygen atoms in total. The van der Waals surface area contributed by atoms with Crippen LogP contribution in [0, 0.1) is 0 Å². The van der Waals surface area contributed by atoms with E-state index in [0.29, 0.717) is 6.54 Å². The number of pyridine rings is 1. The van der Waals surface area contributed by atoms with Gasteiger partial charge in [-0.1, -0.05) is 5.21 Å². The molecular weight excluding hydrogens is 190 g/mol. The lowest BCUT2D eigenvalue weighted by Crippen LogP contribution is -2.06. The predicted octanol–water partition coefficient (Wildman–Crippen LogP) is 0.689. The average molecular weight is 203 g/mol. The van der Waals surface area contributed by atoms with Crippen LogP contribution in [0.3, 0.4) is 0 Å². The third-order valence-corrected chi connectivity index (χ3v) is 2.09. The van der Waals surface area contributed by atoms with Gasteiger partial charge in [0.2, 0.25) is 0 Å². The predicted molar refractivity (Wildman–Crippen MR) is 56.9 cm³/mol. The summed E-state index contributed by atoms with van der Waals surface area (Å²) in [5.74, 6) is 0. The summed E-state index contributed by atoms with van der Waals surface area (Å²) >= 11 is 0. The Bertz CT molecular complexity index is 409. The highest BCUT2D eigenvalue weighted by atomic mass is 15.4. The number of nitrogens with two attached hydrogens (primary N) is 1. The molecule has 0 amide bonds. The second-order valence-electron chi connectivity index (χ2n) is 3.25. The van der Waals surface area contributed by atoms with E-state index >= 15 is 0 Å². The SMILES string of the molecule is NCCCn1cc(-c2cccnc2)nn1. The van der Waals surface area contributed by atoms with Gasteiger partial charge in [-0.15, -0.1) is 5.10 Å². The molecule has 2 N–H and O–H groups in total. The largest absolute Gasteiger partial charge is 0.330 e. The lowest BCUT2D eigenvalue weighted by molar-refractivity contribution is 0.564. The van der Waals surface area contributed by atoms with Gasteiger partial charge in [-0.25, -0.2) is 0 Å². The Morgan fingerprint density at radius 1 is 1.40 bits per heavy atom. The Balaban J connectivity index is 2.14. The van der Waals surface area contributed by atoms with E-state index < -0.39 is 0 Å². The van der Waals surface area contributed by atoms with Gasteiger partial charge in [0, 0.05) is 24.5 Å². The lowest BCUT2D eigenvalue weighted by atomic mass is 10.2. The van der Waals surface area contributed by atoms with Crippen LogP contribution in [0.25, 0.3) is 11.3 Å². The van der Waals surface area contributed by atoms with Gasteiger partial charge in [0.25, 0.3) is 0 Å². The molecule has 15 heavy (non-hydrogen) atoms. The quantitative estimate of drug-likeness (QED) is 0.793. The summed E-state index contributed by atoms with van der Waals surface area (Å²) in [6.45, 7) is 1.48. The summed E-state index contributed by atoms with van der Waals surface area (Å²) in [6, 6.07) is 3.85. The maximum absolute atomic E-state index is 5.42. The van der Waals surface area contributed by atoms with Gasteiger partial charge in [0.1, 0.15) is 5.69 Å². The minimum absolute atomic E-state index is 0.669. The number of nitrogens with zero attached hydrogens (tertiary/aromatic N) is 4. The molecule has 0 saturated heterocycles. The van der Waals surface area contributed by atoms with Crippen molar-refractivity contribution in [3.05, 3.63) is 30.7 Å². The summed E-state index contributed by atoms with van der Waals surface area (Å²) in [5, 5.41) is 8.08. The fourth-order valence-electron chi connectivity index (χ4n) is 1.31. The Kier molecular flexibility index (Phi) is 3.04. The summed E-state index contributed by atoms with van der Waals surface area (Å²) in [6.07, 6.45) is 6.34. The van der Waals surface area contributed by atoms with Crippen molar-refractivity contribution in [1.82, 2.24) is 20.0 Å². The van der Waals surface area contributed by atoms with Crippen LogP contribution in [0.5, 0.6) is 0 Å². The topological polar surface area (TPSA) is 69.6 Å². The number of rotatable bonds is 4. The molecule has 0 radical (unpaired) electrons. The van der Waals surface area contributed by atoms with Crippen molar-refractivity contribution in [2.45, 2.75) is 13.0 Å². The Morgan fingerprint density at radius 2 is 2.33 bits per heavy atom. The number of hydrogen-bond acceptors (Lipinski definition) is 4. The third-order valence-electron chi connectivity index (χ3n) is 2.09. The first-order chi connectivity index (χ1) is 7.40. The highest BCUT2D eigenvalue weighted by molar-refractivity contribution is 5.55. The molecule has 2 aromatic rings. The van der Waals surface area contributed by atoms with Crippen molar-refractivity contribution in [2.24, 2.45) is 5.73 Å². The van der Waals surface area contributed by atoms with Gasteiger partial charge < -0.3 is 5.73 Å². The van der Waals surface area contributed by atoms with Gasteiger partial charge in [0.15, 0.2) is 0 Å². The fourth-order valence-corrected chi connectivity index (χ4v) is 1.31. The number of aromatic nitrogens is 4. The third kappa shape index (κ3) is 2.38. The monoisotopic (exact) mass is 203 g/mol. The van der Waals surface area contributed by atoms with Crippen LogP contribution in [0.15, 0.2) is 30.7 Å². The molecule has 78 valence electrons. The zero-order valence-corrected chi connectivity index (χ0v) is 8.37. The Morgan fingerprint density at radius 3 is 3.07 bits per heavy atom. The fraction of sp³-hybridized carbons (Fsp3) is 0.300. The van der Waals surface area contributed by atoms with E-state index in [0.717, 1.165) is 24.2 Å². The highest BCUT2D eigenvalue weighted by Gasteiger charge is 2.02. The molecule has 0 saturated carbocycles. The molecule has 0 unspecified atom stereocenters. The van der Waals surface area contributed by atoms with Crippen molar-refractivity contribution in [1.29, 1.82) is 0 Å². The molecule has 2 rings (SSSR count). The summed E-state index contributed by atoms with van der Waals surface area (Å²) in [7, 11) is 0. The molecule has 0 atom stereocenters. The van der Waals surface area contributed by atoms with Crippen LogP contribution in [-0.4, -0.2) is 26.5 Å². The van der Waals surface area contributed by atoms with Crippen molar-refractivity contribution in [3.63, 3.8) is 0 Å².